The normalized spacial score (nSPS) is 15.7. The molecule has 5 nitrogen and oxygen atoms in total. The van der Waals surface area contributed by atoms with Crippen molar-refractivity contribution < 1.29 is 4.79 Å². The predicted octanol–water partition coefficient (Wildman–Crippen LogP) is 2.58. The first-order valence-electron chi connectivity index (χ1n) is 8.37. The standard InChI is InChI=1S/C18H23N3O2/c1-20(14-7-3-2-4-8-14)18(23)11-12-21-16-10-6-5-9-15(16)17(22)13-19-21/h5-6,9-10,13-14H,2-4,7-8,11-12H2,1H3. The number of carbonyl (C=O) groups excluding carboxylic acids is 1. The highest BCUT2D eigenvalue weighted by molar-refractivity contribution is 5.79. The average Bonchev–Trinajstić information content (AvgIpc) is 2.61. The Bertz CT molecular complexity index is 747. The summed E-state index contributed by atoms with van der Waals surface area (Å²) in [4.78, 5) is 26.2. The number of amides is 1. The lowest BCUT2D eigenvalue weighted by atomic mass is 9.94. The highest BCUT2D eigenvalue weighted by Crippen LogP contribution is 2.22. The molecule has 1 aromatic carbocycles. The molecule has 2 aromatic rings. The van der Waals surface area contributed by atoms with Crippen molar-refractivity contribution in [1.29, 1.82) is 0 Å². The first-order valence-corrected chi connectivity index (χ1v) is 8.37. The number of rotatable bonds is 4. The summed E-state index contributed by atoms with van der Waals surface area (Å²) in [7, 11) is 1.91. The lowest BCUT2D eigenvalue weighted by Crippen LogP contribution is -2.38. The van der Waals surface area contributed by atoms with E-state index in [-0.39, 0.29) is 11.3 Å². The van der Waals surface area contributed by atoms with Crippen molar-refractivity contribution >= 4 is 16.8 Å². The molecule has 1 aliphatic rings. The van der Waals surface area contributed by atoms with Crippen LogP contribution in [0.15, 0.2) is 35.3 Å². The van der Waals surface area contributed by atoms with Gasteiger partial charge in [0.1, 0.15) is 0 Å². The molecule has 1 amide bonds. The summed E-state index contributed by atoms with van der Waals surface area (Å²) in [5, 5.41) is 4.83. The second kappa shape index (κ2) is 6.94. The SMILES string of the molecule is CN(C(=O)CCn1ncc(=O)c2ccccc21)C1CCCCC1. The van der Waals surface area contributed by atoms with Crippen molar-refractivity contribution in [2.24, 2.45) is 0 Å². The fourth-order valence-electron chi connectivity index (χ4n) is 3.39. The topological polar surface area (TPSA) is 55.2 Å². The quantitative estimate of drug-likeness (QED) is 0.872. The largest absolute Gasteiger partial charge is 0.343 e. The summed E-state index contributed by atoms with van der Waals surface area (Å²) < 4.78 is 1.75. The fourth-order valence-corrected chi connectivity index (χ4v) is 3.39. The Kier molecular flexibility index (Phi) is 4.74. The van der Waals surface area contributed by atoms with Crippen LogP contribution in [-0.4, -0.2) is 33.7 Å². The van der Waals surface area contributed by atoms with Crippen molar-refractivity contribution in [3.05, 3.63) is 40.7 Å². The van der Waals surface area contributed by atoms with Crippen molar-refractivity contribution in [2.75, 3.05) is 7.05 Å². The number of para-hydroxylation sites is 1. The maximum absolute atomic E-state index is 12.4. The number of nitrogens with zero attached hydrogens (tertiary/aromatic N) is 3. The van der Waals surface area contributed by atoms with Crippen molar-refractivity contribution in [3.63, 3.8) is 0 Å². The van der Waals surface area contributed by atoms with E-state index in [9.17, 15) is 9.59 Å². The van der Waals surface area contributed by atoms with E-state index in [2.05, 4.69) is 5.10 Å². The Morgan fingerprint density at radius 3 is 2.78 bits per heavy atom. The molecular weight excluding hydrogens is 290 g/mol. The summed E-state index contributed by atoms with van der Waals surface area (Å²) in [6.45, 7) is 0.497. The zero-order chi connectivity index (χ0) is 16.2. The van der Waals surface area contributed by atoms with Gasteiger partial charge in [0.05, 0.1) is 18.3 Å². The van der Waals surface area contributed by atoms with Crippen LogP contribution < -0.4 is 5.43 Å². The summed E-state index contributed by atoms with van der Waals surface area (Å²) in [6, 6.07) is 7.78. The van der Waals surface area contributed by atoms with Gasteiger partial charge in [0.25, 0.3) is 0 Å². The van der Waals surface area contributed by atoms with Gasteiger partial charge in [-0.3, -0.25) is 14.3 Å². The molecule has 23 heavy (non-hydrogen) atoms. The Morgan fingerprint density at radius 2 is 2.00 bits per heavy atom. The third-order valence-electron chi connectivity index (χ3n) is 4.82. The molecule has 0 unspecified atom stereocenters. The molecular formula is C18H23N3O2. The lowest BCUT2D eigenvalue weighted by Gasteiger charge is -2.31. The van der Waals surface area contributed by atoms with Crippen molar-refractivity contribution in [3.8, 4) is 0 Å². The van der Waals surface area contributed by atoms with Crippen LogP contribution in [0.3, 0.4) is 0 Å². The average molecular weight is 313 g/mol. The van der Waals surface area contributed by atoms with Crippen LogP contribution in [0.25, 0.3) is 10.9 Å². The van der Waals surface area contributed by atoms with Gasteiger partial charge in [-0.1, -0.05) is 31.4 Å². The highest BCUT2D eigenvalue weighted by atomic mass is 16.2. The number of fused-ring (bicyclic) bond motifs is 1. The predicted molar refractivity (Wildman–Crippen MR) is 90.3 cm³/mol. The molecule has 0 aliphatic heterocycles. The van der Waals surface area contributed by atoms with Crippen LogP contribution >= 0.6 is 0 Å². The molecule has 0 saturated heterocycles. The zero-order valence-electron chi connectivity index (χ0n) is 13.6. The Labute approximate surface area is 135 Å². The van der Waals surface area contributed by atoms with Crippen LogP contribution in [0.2, 0.25) is 0 Å². The smallest absolute Gasteiger partial charge is 0.224 e. The lowest BCUT2D eigenvalue weighted by molar-refractivity contribution is -0.132. The number of hydrogen-bond acceptors (Lipinski definition) is 3. The monoisotopic (exact) mass is 313 g/mol. The third kappa shape index (κ3) is 3.44. The van der Waals surface area contributed by atoms with E-state index in [0.29, 0.717) is 24.4 Å². The highest BCUT2D eigenvalue weighted by Gasteiger charge is 2.21. The van der Waals surface area contributed by atoms with Crippen LogP contribution in [0.1, 0.15) is 38.5 Å². The van der Waals surface area contributed by atoms with Gasteiger partial charge in [-0.05, 0) is 25.0 Å². The van der Waals surface area contributed by atoms with Crippen LogP contribution in [0.4, 0.5) is 0 Å². The Balaban J connectivity index is 1.69. The molecule has 5 heteroatoms. The van der Waals surface area contributed by atoms with E-state index in [1.807, 2.05) is 30.1 Å². The number of aryl methyl sites for hydroxylation is 1. The second-order valence-electron chi connectivity index (χ2n) is 6.30. The van der Waals surface area contributed by atoms with E-state index in [0.717, 1.165) is 18.4 Å². The minimum atomic E-state index is -0.0810. The van der Waals surface area contributed by atoms with E-state index >= 15 is 0 Å². The van der Waals surface area contributed by atoms with Gasteiger partial charge in [-0.25, -0.2) is 0 Å². The minimum absolute atomic E-state index is 0.0810. The Morgan fingerprint density at radius 1 is 1.26 bits per heavy atom. The summed E-state index contributed by atoms with van der Waals surface area (Å²) >= 11 is 0. The molecule has 1 saturated carbocycles. The summed E-state index contributed by atoms with van der Waals surface area (Å²) in [5.41, 5.74) is 0.704. The first-order chi connectivity index (χ1) is 11.2. The van der Waals surface area contributed by atoms with Gasteiger partial charge in [0, 0.05) is 24.9 Å². The number of aromatic nitrogens is 2. The number of hydrogen-bond donors (Lipinski definition) is 0. The van der Waals surface area contributed by atoms with Gasteiger partial charge in [0.2, 0.25) is 11.3 Å². The van der Waals surface area contributed by atoms with Crippen molar-refractivity contribution in [2.45, 2.75) is 51.1 Å². The summed E-state index contributed by atoms with van der Waals surface area (Å²) in [6.07, 6.45) is 7.68. The van der Waals surface area contributed by atoms with Crippen molar-refractivity contribution in [1.82, 2.24) is 14.7 Å². The molecule has 1 fully saturated rings. The Hall–Kier alpha value is -2.17. The van der Waals surface area contributed by atoms with Gasteiger partial charge >= 0.3 is 0 Å². The van der Waals surface area contributed by atoms with Gasteiger partial charge in [-0.2, -0.15) is 5.10 Å². The van der Waals surface area contributed by atoms with Gasteiger partial charge in [0.15, 0.2) is 0 Å². The molecule has 0 atom stereocenters. The molecule has 0 bridgehead atoms. The molecule has 1 aliphatic carbocycles. The van der Waals surface area contributed by atoms with E-state index < -0.39 is 0 Å². The molecule has 122 valence electrons. The molecule has 1 aromatic heterocycles. The van der Waals surface area contributed by atoms with Crippen LogP contribution in [-0.2, 0) is 11.3 Å². The molecule has 3 rings (SSSR count). The third-order valence-corrected chi connectivity index (χ3v) is 4.82. The first kappa shape index (κ1) is 15.7. The van der Waals surface area contributed by atoms with E-state index in [1.165, 1.54) is 25.5 Å². The van der Waals surface area contributed by atoms with E-state index in [4.69, 9.17) is 0 Å². The maximum Gasteiger partial charge on any atom is 0.224 e. The summed E-state index contributed by atoms with van der Waals surface area (Å²) in [5.74, 6) is 0.154. The number of benzene rings is 1. The van der Waals surface area contributed by atoms with Gasteiger partial charge in [-0.15, -0.1) is 0 Å². The molecule has 0 radical (unpaired) electrons. The van der Waals surface area contributed by atoms with Crippen LogP contribution in [0.5, 0.6) is 0 Å². The molecule has 0 N–H and O–H groups in total. The number of carbonyl (C=O) groups is 1. The second-order valence-corrected chi connectivity index (χ2v) is 6.30. The minimum Gasteiger partial charge on any atom is -0.343 e. The fraction of sp³-hybridized carbons (Fsp3) is 0.500. The van der Waals surface area contributed by atoms with E-state index in [1.54, 1.807) is 10.7 Å². The zero-order valence-corrected chi connectivity index (χ0v) is 13.6. The molecule has 0 spiro atoms. The maximum atomic E-state index is 12.4. The molecule has 1 heterocycles. The van der Waals surface area contributed by atoms with Gasteiger partial charge < -0.3 is 4.90 Å². The van der Waals surface area contributed by atoms with Crippen LogP contribution in [0, 0.1) is 0 Å².